The van der Waals surface area contributed by atoms with Gasteiger partial charge in [0, 0.05) is 35.6 Å². The first kappa shape index (κ1) is 24.9. The van der Waals surface area contributed by atoms with Crippen molar-refractivity contribution in [2.45, 2.75) is 47.0 Å². The fraction of sp³-hybridized carbons (Fsp3) is 0.276. The largest absolute Gasteiger partial charge is 0.507 e. The molecule has 0 unspecified atom stereocenters. The highest BCUT2D eigenvalue weighted by atomic mass is 16.5. The maximum atomic E-state index is 13.3. The topological polar surface area (TPSA) is 79.9 Å². The van der Waals surface area contributed by atoms with Crippen LogP contribution in [-0.2, 0) is 19.3 Å². The van der Waals surface area contributed by atoms with Gasteiger partial charge in [-0.3, -0.25) is 4.79 Å². The van der Waals surface area contributed by atoms with Crippen molar-refractivity contribution in [2.24, 2.45) is 0 Å². The summed E-state index contributed by atoms with van der Waals surface area (Å²) >= 11 is 0. The van der Waals surface area contributed by atoms with Gasteiger partial charge in [0.05, 0.1) is 7.11 Å². The molecule has 0 aliphatic carbocycles. The Labute approximate surface area is 200 Å². The lowest BCUT2D eigenvalue weighted by atomic mass is 9.92. The standard InChI is InChI=1S/C29H32O5/c1-15(2)11-20-18(7)24(33-8)10-9-19(20)25-14-23(30)26-28(32)21(12-16(3)4)27(31)22(13-17(5)6)29(26)34-25/h9-10,14,31-32H,1,3,5,11-13H2,2,4,6-8H3. The minimum absolute atomic E-state index is 0.0423. The maximum absolute atomic E-state index is 13.3. The molecule has 0 aliphatic heterocycles. The normalized spacial score (nSPS) is 11.0. The predicted octanol–water partition coefficient (Wildman–Crippen LogP) is 6.54. The number of fused-ring (bicyclic) bond motifs is 1. The molecule has 2 aromatic carbocycles. The number of methoxy groups -OCH3 is 1. The molecule has 0 radical (unpaired) electrons. The van der Waals surface area contributed by atoms with Crippen molar-refractivity contribution in [1.29, 1.82) is 0 Å². The van der Waals surface area contributed by atoms with Crippen LogP contribution in [0.4, 0.5) is 0 Å². The van der Waals surface area contributed by atoms with Crippen LogP contribution >= 0.6 is 0 Å². The van der Waals surface area contributed by atoms with E-state index in [1.54, 1.807) is 14.0 Å². The van der Waals surface area contributed by atoms with E-state index in [-0.39, 0.29) is 34.5 Å². The van der Waals surface area contributed by atoms with Gasteiger partial charge >= 0.3 is 0 Å². The van der Waals surface area contributed by atoms with Gasteiger partial charge in [0.2, 0.25) is 0 Å². The van der Waals surface area contributed by atoms with Crippen LogP contribution in [0.15, 0.2) is 63.9 Å². The molecule has 3 rings (SSSR count). The molecular formula is C29H32O5. The number of phenols is 2. The monoisotopic (exact) mass is 460 g/mol. The van der Waals surface area contributed by atoms with Gasteiger partial charge in [-0.2, -0.15) is 0 Å². The second-order valence-corrected chi connectivity index (χ2v) is 9.15. The Morgan fingerprint density at radius 2 is 1.47 bits per heavy atom. The first-order valence-electron chi connectivity index (χ1n) is 11.1. The molecule has 3 aromatic rings. The van der Waals surface area contributed by atoms with Crippen molar-refractivity contribution < 1.29 is 19.4 Å². The highest BCUT2D eigenvalue weighted by Gasteiger charge is 2.24. The van der Waals surface area contributed by atoms with Crippen LogP contribution < -0.4 is 10.2 Å². The van der Waals surface area contributed by atoms with Gasteiger partial charge in [-0.1, -0.05) is 36.5 Å². The summed E-state index contributed by atoms with van der Waals surface area (Å²) in [5, 5.41) is 22.1. The zero-order valence-corrected chi connectivity index (χ0v) is 20.6. The molecule has 1 heterocycles. The SMILES string of the molecule is C=C(C)Cc1c(-c2cc(=O)c3c(O)c(CC(=C)C)c(O)c(CC(=C)C)c3o2)ccc(OC)c1C. The Hall–Kier alpha value is -3.73. The fourth-order valence-electron chi connectivity index (χ4n) is 4.27. The molecular weight excluding hydrogens is 428 g/mol. The smallest absolute Gasteiger partial charge is 0.197 e. The molecule has 34 heavy (non-hydrogen) atoms. The minimum atomic E-state index is -0.394. The van der Waals surface area contributed by atoms with Crippen LogP contribution in [0.2, 0.25) is 0 Å². The fourth-order valence-corrected chi connectivity index (χ4v) is 4.27. The number of hydrogen-bond donors (Lipinski definition) is 2. The molecule has 0 spiro atoms. The van der Waals surface area contributed by atoms with E-state index in [9.17, 15) is 15.0 Å². The van der Waals surface area contributed by atoms with E-state index in [0.717, 1.165) is 39.2 Å². The minimum Gasteiger partial charge on any atom is -0.507 e. The summed E-state index contributed by atoms with van der Waals surface area (Å²) in [6.45, 7) is 19.4. The third kappa shape index (κ3) is 4.65. The molecule has 0 aliphatic rings. The van der Waals surface area contributed by atoms with Gasteiger partial charge < -0.3 is 19.4 Å². The van der Waals surface area contributed by atoms with E-state index in [1.165, 1.54) is 6.07 Å². The quantitative estimate of drug-likeness (QED) is 0.373. The Bertz CT molecular complexity index is 1390. The van der Waals surface area contributed by atoms with Crippen molar-refractivity contribution in [2.75, 3.05) is 7.11 Å². The van der Waals surface area contributed by atoms with E-state index >= 15 is 0 Å². The van der Waals surface area contributed by atoms with Crippen LogP contribution in [0.25, 0.3) is 22.3 Å². The number of benzene rings is 2. The summed E-state index contributed by atoms with van der Waals surface area (Å²) < 4.78 is 11.8. The van der Waals surface area contributed by atoms with E-state index < -0.39 is 5.43 Å². The molecule has 1 aromatic heterocycles. The molecule has 5 heteroatoms. The predicted molar refractivity (Wildman–Crippen MR) is 138 cm³/mol. The molecule has 0 amide bonds. The summed E-state index contributed by atoms with van der Waals surface area (Å²) in [5.41, 5.74) is 5.50. The molecule has 2 N–H and O–H groups in total. The van der Waals surface area contributed by atoms with Gasteiger partial charge in [-0.05, 0) is 57.4 Å². The van der Waals surface area contributed by atoms with E-state index in [0.29, 0.717) is 24.2 Å². The van der Waals surface area contributed by atoms with Crippen LogP contribution in [0.3, 0.4) is 0 Å². The van der Waals surface area contributed by atoms with Gasteiger partial charge in [0.1, 0.15) is 34.0 Å². The molecule has 0 fully saturated rings. The van der Waals surface area contributed by atoms with E-state index in [4.69, 9.17) is 9.15 Å². The third-order valence-corrected chi connectivity index (χ3v) is 5.79. The molecule has 178 valence electrons. The van der Waals surface area contributed by atoms with Crippen molar-refractivity contribution in [3.8, 4) is 28.6 Å². The number of hydrogen-bond acceptors (Lipinski definition) is 5. The second-order valence-electron chi connectivity index (χ2n) is 9.15. The lowest BCUT2D eigenvalue weighted by molar-refractivity contribution is 0.411. The number of ether oxygens (including phenoxy) is 1. The summed E-state index contributed by atoms with van der Waals surface area (Å²) in [7, 11) is 1.61. The number of aromatic hydroxyl groups is 2. The summed E-state index contributed by atoms with van der Waals surface area (Å²) in [5.74, 6) is 0.679. The highest BCUT2D eigenvalue weighted by molar-refractivity contribution is 5.91. The van der Waals surface area contributed by atoms with E-state index in [1.807, 2.05) is 32.9 Å². The number of allylic oxidation sites excluding steroid dienone is 3. The summed E-state index contributed by atoms with van der Waals surface area (Å²) in [6, 6.07) is 5.07. The Morgan fingerprint density at radius 1 is 0.912 bits per heavy atom. The van der Waals surface area contributed by atoms with Crippen molar-refractivity contribution >= 4 is 11.0 Å². The van der Waals surface area contributed by atoms with Crippen LogP contribution in [0.1, 0.15) is 43.0 Å². The average Bonchev–Trinajstić information content (AvgIpc) is 2.74. The zero-order chi connectivity index (χ0) is 25.3. The summed E-state index contributed by atoms with van der Waals surface area (Å²) in [4.78, 5) is 13.3. The molecule has 0 saturated heterocycles. The molecule has 0 bridgehead atoms. The average molecular weight is 461 g/mol. The Balaban J connectivity index is 2.43. The van der Waals surface area contributed by atoms with Crippen molar-refractivity contribution in [3.63, 3.8) is 0 Å². The first-order valence-corrected chi connectivity index (χ1v) is 11.1. The molecule has 5 nitrogen and oxygen atoms in total. The van der Waals surface area contributed by atoms with Gasteiger partial charge in [0.25, 0.3) is 0 Å². The molecule has 0 saturated carbocycles. The van der Waals surface area contributed by atoms with Crippen molar-refractivity contribution in [1.82, 2.24) is 0 Å². The zero-order valence-electron chi connectivity index (χ0n) is 20.6. The van der Waals surface area contributed by atoms with E-state index in [2.05, 4.69) is 19.7 Å². The van der Waals surface area contributed by atoms with Crippen LogP contribution in [-0.4, -0.2) is 17.3 Å². The lowest BCUT2D eigenvalue weighted by Crippen LogP contribution is -2.07. The van der Waals surface area contributed by atoms with Crippen LogP contribution in [0, 0.1) is 6.92 Å². The Morgan fingerprint density at radius 3 is 2.03 bits per heavy atom. The van der Waals surface area contributed by atoms with Gasteiger partial charge in [-0.15, -0.1) is 0 Å². The lowest BCUT2D eigenvalue weighted by Gasteiger charge is -2.18. The first-order chi connectivity index (χ1) is 16.0. The summed E-state index contributed by atoms with van der Waals surface area (Å²) in [6.07, 6.45) is 1.10. The number of phenolic OH excluding ortho intramolecular Hbond substituents is 2. The molecule has 0 atom stereocenters. The maximum Gasteiger partial charge on any atom is 0.197 e. The van der Waals surface area contributed by atoms with Crippen LogP contribution in [0.5, 0.6) is 17.2 Å². The van der Waals surface area contributed by atoms with Gasteiger partial charge in [0.15, 0.2) is 5.43 Å². The number of rotatable bonds is 8. The second kappa shape index (κ2) is 9.64. The highest BCUT2D eigenvalue weighted by Crippen LogP contribution is 2.42. The Kier molecular flexibility index (Phi) is 7.06. The van der Waals surface area contributed by atoms with Gasteiger partial charge in [-0.25, -0.2) is 0 Å². The van der Waals surface area contributed by atoms with Crippen molar-refractivity contribution in [3.05, 3.63) is 87.1 Å². The third-order valence-electron chi connectivity index (χ3n) is 5.79.